The van der Waals surface area contributed by atoms with Gasteiger partial charge in [-0.3, -0.25) is 4.68 Å². The molecule has 4 rings (SSSR count). The van der Waals surface area contributed by atoms with E-state index >= 15 is 0 Å². The van der Waals surface area contributed by atoms with Gasteiger partial charge in [-0.2, -0.15) is 5.10 Å². The van der Waals surface area contributed by atoms with Crippen molar-refractivity contribution in [2.45, 2.75) is 31.7 Å². The molecule has 0 bridgehead atoms. The zero-order valence-electron chi connectivity index (χ0n) is 13.5. The maximum Gasteiger partial charge on any atom is 0.0775 e. The molecule has 24 heavy (non-hydrogen) atoms. The predicted octanol–water partition coefficient (Wildman–Crippen LogP) is 2.68. The highest BCUT2D eigenvalue weighted by atomic mass is 16.3. The van der Waals surface area contributed by atoms with E-state index in [1.165, 1.54) is 16.7 Å². The maximum atomic E-state index is 10.3. The summed E-state index contributed by atoms with van der Waals surface area (Å²) in [6, 6.07) is 18.6. The summed E-state index contributed by atoms with van der Waals surface area (Å²) < 4.78 is 1.95. The van der Waals surface area contributed by atoms with Gasteiger partial charge in [0, 0.05) is 24.7 Å². The van der Waals surface area contributed by atoms with Gasteiger partial charge in [-0.05, 0) is 16.7 Å². The van der Waals surface area contributed by atoms with Crippen molar-refractivity contribution in [2.24, 2.45) is 0 Å². The molecule has 0 spiro atoms. The van der Waals surface area contributed by atoms with Gasteiger partial charge in [0.25, 0.3) is 0 Å². The SMILES string of the molecule is OC1Cc2ccccc2C1NCc1cnn(Cc2ccccc2)c1. The number of rotatable bonds is 5. The standard InChI is InChI=1S/C20H21N3O/c24-19-10-17-8-4-5-9-18(17)20(19)21-11-16-12-22-23(14-16)13-15-6-2-1-3-7-15/h1-9,12,14,19-21,24H,10-11,13H2. The molecule has 2 atom stereocenters. The Kier molecular flexibility index (Phi) is 4.15. The minimum absolute atomic E-state index is 0.00123. The van der Waals surface area contributed by atoms with Crippen LogP contribution in [0.3, 0.4) is 0 Å². The molecule has 4 nitrogen and oxygen atoms in total. The highest BCUT2D eigenvalue weighted by molar-refractivity contribution is 5.36. The quantitative estimate of drug-likeness (QED) is 0.760. The fraction of sp³-hybridized carbons (Fsp3) is 0.250. The first-order chi connectivity index (χ1) is 11.8. The van der Waals surface area contributed by atoms with E-state index < -0.39 is 0 Å². The first-order valence-corrected chi connectivity index (χ1v) is 8.34. The number of hydrogen-bond acceptors (Lipinski definition) is 3. The molecule has 122 valence electrons. The van der Waals surface area contributed by atoms with Crippen LogP contribution in [0.1, 0.15) is 28.3 Å². The Morgan fingerprint density at radius 2 is 1.83 bits per heavy atom. The number of aliphatic hydroxyl groups excluding tert-OH is 1. The van der Waals surface area contributed by atoms with E-state index in [0.29, 0.717) is 6.54 Å². The molecule has 1 aliphatic rings. The minimum atomic E-state index is -0.359. The van der Waals surface area contributed by atoms with E-state index in [-0.39, 0.29) is 12.1 Å². The van der Waals surface area contributed by atoms with Crippen LogP contribution < -0.4 is 5.32 Å². The summed E-state index contributed by atoms with van der Waals surface area (Å²) in [6.07, 6.45) is 4.32. The summed E-state index contributed by atoms with van der Waals surface area (Å²) in [5.41, 5.74) is 4.81. The molecule has 1 heterocycles. The number of nitrogens with zero attached hydrogens (tertiary/aromatic N) is 2. The molecule has 0 aliphatic heterocycles. The van der Waals surface area contributed by atoms with Crippen LogP contribution in [0, 0.1) is 0 Å². The monoisotopic (exact) mass is 319 g/mol. The van der Waals surface area contributed by atoms with Crippen LogP contribution in [-0.4, -0.2) is 21.0 Å². The van der Waals surface area contributed by atoms with Gasteiger partial charge in [-0.25, -0.2) is 0 Å². The van der Waals surface area contributed by atoms with Crippen LogP contribution in [0.15, 0.2) is 67.0 Å². The zero-order chi connectivity index (χ0) is 16.4. The average molecular weight is 319 g/mol. The summed E-state index contributed by atoms with van der Waals surface area (Å²) >= 11 is 0. The fourth-order valence-electron chi connectivity index (χ4n) is 3.40. The Bertz CT molecular complexity index is 813. The maximum absolute atomic E-state index is 10.3. The number of benzene rings is 2. The molecule has 0 radical (unpaired) electrons. The summed E-state index contributed by atoms with van der Waals surface area (Å²) in [5, 5.41) is 18.2. The highest BCUT2D eigenvalue weighted by Gasteiger charge is 2.30. The van der Waals surface area contributed by atoms with E-state index in [1.807, 2.05) is 41.2 Å². The number of aliphatic hydroxyl groups is 1. The number of nitrogens with one attached hydrogen (secondary N) is 1. The van der Waals surface area contributed by atoms with Gasteiger partial charge >= 0.3 is 0 Å². The molecule has 2 N–H and O–H groups in total. The Labute approximate surface area is 141 Å². The molecule has 0 saturated carbocycles. The van der Waals surface area contributed by atoms with Crippen LogP contribution in [0.25, 0.3) is 0 Å². The normalized spacial score (nSPS) is 19.4. The van der Waals surface area contributed by atoms with Gasteiger partial charge in [0.2, 0.25) is 0 Å². The van der Waals surface area contributed by atoms with Crippen LogP contribution in [0.2, 0.25) is 0 Å². The number of hydrogen-bond donors (Lipinski definition) is 2. The van der Waals surface area contributed by atoms with Crippen LogP contribution in [-0.2, 0) is 19.5 Å². The van der Waals surface area contributed by atoms with Gasteiger partial charge < -0.3 is 10.4 Å². The topological polar surface area (TPSA) is 50.1 Å². The largest absolute Gasteiger partial charge is 0.391 e. The van der Waals surface area contributed by atoms with E-state index in [9.17, 15) is 5.11 Å². The lowest BCUT2D eigenvalue weighted by Gasteiger charge is -2.17. The third kappa shape index (κ3) is 3.11. The molecule has 1 aromatic heterocycles. The predicted molar refractivity (Wildman–Crippen MR) is 93.5 cm³/mol. The molecule has 2 unspecified atom stereocenters. The lowest BCUT2D eigenvalue weighted by Crippen LogP contribution is -2.28. The summed E-state index contributed by atoms with van der Waals surface area (Å²) in [4.78, 5) is 0. The van der Waals surface area contributed by atoms with E-state index in [4.69, 9.17) is 0 Å². The second-order valence-electron chi connectivity index (χ2n) is 6.36. The van der Waals surface area contributed by atoms with Gasteiger partial charge in [0.05, 0.1) is 24.9 Å². The highest BCUT2D eigenvalue weighted by Crippen LogP contribution is 2.31. The van der Waals surface area contributed by atoms with E-state index in [2.05, 4.69) is 40.9 Å². The van der Waals surface area contributed by atoms with Gasteiger partial charge in [0.15, 0.2) is 0 Å². The second-order valence-corrected chi connectivity index (χ2v) is 6.36. The Morgan fingerprint density at radius 1 is 1.04 bits per heavy atom. The van der Waals surface area contributed by atoms with E-state index in [1.54, 1.807) is 0 Å². The van der Waals surface area contributed by atoms with Gasteiger partial charge in [-0.1, -0.05) is 54.6 Å². The Balaban J connectivity index is 1.40. The molecule has 0 fully saturated rings. The molecule has 2 aromatic carbocycles. The molecular formula is C20H21N3O. The van der Waals surface area contributed by atoms with Crippen LogP contribution >= 0.6 is 0 Å². The van der Waals surface area contributed by atoms with Crippen LogP contribution in [0.4, 0.5) is 0 Å². The smallest absolute Gasteiger partial charge is 0.0775 e. The van der Waals surface area contributed by atoms with Crippen molar-refractivity contribution in [3.63, 3.8) is 0 Å². The third-order valence-corrected chi connectivity index (χ3v) is 4.60. The number of aromatic nitrogens is 2. The molecule has 0 amide bonds. The molecule has 0 saturated heterocycles. The van der Waals surface area contributed by atoms with Crippen molar-refractivity contribution in [3.8, 4) is 0 Å². The zero-order valence-corrected chi connectivity index (χ0v) is 13.5. The lowest BCUT2D eigenvalue weighted by atomic mass is 10.1. The van der Waals surface area contributed by atoms with Crippen molar-refractivity contribution in [2.75, 3.05) is 0 Å². The molecular weight excluding hydrogens is 298 g/mol. The van der Waals surface area contributed by atoms with Crippen molar-refractivity contribution < 1.29 is 5.11 Å². The van der Waals surface area contributed by atoms with Crippen LogP contribution in [0.5, 0.6) is 0 Å². The first kappa shape index (κ1) is 15.1. The average Bonchev–Trinajstić information content (AvgIpc) is 3.17. The van der Waals surface area contributed by atoms with Gasteiger partial charge in [-0.15, -0.1) is 0 Å². The summed E-state index contributed by atoms with van der Waals surface area (Å²) in [6.45, 7) is 1.47. The van der Waals surface area contributed by atoms with Crippen molar-refractivity contribution in [3.05, 3.63) is 89.2 Å². The summed E-state index contributed by atoms with van der Waals surface area (Å²) in [7, 11) is 0. The second kappa shape index (κ2) is 6.59. The lowest BCUT2D eigenvalue weighted by molar-refractivity contribution is 0.140. The third-order valence-electron chi connectivity index (χ3n) is 4.60. The molecule has 4 heteroatoms. The first-order valence-electron chi connectivity index (χ1n) is 8.34. The number of fused-ring (bicyclic) bond motifs is 1. The van der Waals surface area contributed by atoms with Gasteiger partial charge in [0.1, 0.15) is 0 Å². The molecule has 3 aromatic rings. The Hall–Kier alpha value is -2.43. The van der Waals surface area contributed by atoms with E-state index in [0.717, 1.165) is 18.5 Å². The van der Waals surface area contributed by atoms with Crippen molar-refractivity contribution in [1.82, 2.24) is 15.1 Å². The molecule has 1 aliphatic carbocycles. The minimum Gasteiger partial charge on any atom is -0.391 e. The fourth-order valence-corrected chi connectivity index (χ4v) is 3.40. The Morgan fingerprint density at radius 3 is 2.71 bits per heavy atom. The van der Waals surface area contributed by atoms with Crippen molar-refractivity contribution >= 4 is 0 Å². The van der Waals surface area contributed by atoms with Crippen molar-refractivity contribution in [1.29, 1.82) is 0 Å². The summed E-state index contributed by atoms with van der Waals surface area (Å²) in [5.74, 6) is 0.